The Morgan fingerprint density at radius 2 is 2.05 bits per heavy atom. The van der Waals surface area contributed by atoms with Crippen LogP contribution in [0.25, 0.3) is 0 Å². The average Bonchev–Trinajstić information content (AvgIpc) is 2.84. The number of nitrogens with zero attached hydrogens (tertiary/aromatic N) is 2. The van der Waals surface area contributed by atoms with Crippen molar-refractivity contribution in [1.82, 2.24) is 15.1 Å². The molecule has 0 saturated carbocycles. The first kappa shape index (κ1) is 15.4. The molecule has 1 atom stereocenters. The highest BCUT2D eigenvalue weighted by molar-refractivity contribution is 5.79. The lowest BCUT2D eigenvalue weighted by atomic mass is 10.1. The topological polar surface area (TPSA) is 52.7 Å². The van der Waals surface area contributed by atoms with Crippen LogP contribution in [0.5, 0.6) is 0 Å². The van der Waals surface area contributed by atoms with E-state index in [4.69, 9.17) is 0 Å². The largest absolute Gasteiger partial charge is 0.342 e. The highest BCUT2D eigenvalue weighted by atomic mass is 16.2. The van der Waals surface area contributed by atoms with Crippen LogP contribution in [0.4, 0.5) is 4.79 Å². The lowest BCUT2D eigenvalue weighted by Gasteiger charge is -2.17. The van der Waals surface area contributed by atoms with Crippen molar-refractivity contribution in [2.45, 2.75) is 12.8 Å². The van der Waals surface area contributed by atoms with Crippen molar-refractivity contribution in [3.63, 3.8) is 0 Å². The van der Waals surface area contributed by atoms with Gasteiger partial charge in [0.05, 0.1) is 0 Å². The van der Waals surface area contributed by atoms with Gasteiger partial charge in [0, 0.05) is 46.1 Å². The van der Waals surface area contributed by atoms with Crippen molar-refractivity contribution in [3.05, 3.63) is 35.9 Å². The first-order valence-corrected chi connectivity index (χ1v) is 7.33. The van der Waals surface area contributed by atoms with Crippen LogP contribution in [0.3, 0.4) is 0 Å². The Kier molecular flexibility index (Phi) is 5.20. The van der Waals surface area contributed by atoms with E-state index in [0.29, 0.717) is 13.0 Å². The molecule has 21 heavy (non-hydrogen) atoms. The fourth-order valence-electron chi connectivity index (χ4n) is 2.51. The van der Waals surface area contributed by atoms with Gasteiger partial charge in [-0.3, -0.25) is 4.79 Å². The van der Waals surface area contributed by atoms with Crippen LogP contribution in [-0.4, -0.2) is 55.5 Å². The van der Waals surface area contributed by atoms with Crippen molar-refractivity contribution < 1.29 is 9.59 Å². The van der Waals surface area contributed by atoms with E-state index < -0.39 is 0 Å². The average molecular weight is 289 g/mol. The van der Waals surface area contributed by atoms with Crippen LogP contribution in [0.2, 0.25) is 0 Å². The first-order valence-electron chi connectivity index (χ1n) is 7.33. The summed E-state index contributed by atoms with van der Waals surface area (Å²) in [7, 11) is 3.42. The van der Waals surface area contributed by atoms with E-state index in [0.717, 1.165) is 19.5 Å². The Morgan fingerprint density at radius 1 is 1.33 bits per heavy atom. The molecule has 114 valence electrons. The minimum absolute atomic E-state index is 0.106. The molecular formula is C16H23N3O2. The predicted molar refractivity (Wildman–Crippen MR) is 81.9 cm³/mol. The SMILES string of the molecule is CN(C)C(=O)NCC1CC(=O)N(CCc2ccccc2)C1. The highest BCUT2D eigenvalue weighted by Crippen LogP contribution is 2.17. The number of benzene rings is 1. The molecule has 0 bridgehead atoms. The van der Waals surface area contributed by atoms with Crippen LogP contribution >= 0.6 is 0 Å². The zero-order chi connectivity index (χ0) is 15.2. The number of hydrogen-bond acceptors (Lipinski definition) is 2. The molecule has 5 heteroatoms. The first-order chi connectivity index (χ1) is 10.1. The van der Waals surface area contributed by atoms with E-state index in [9.17, 15) is 9.59 Å². The van der Waals surface area contributed by atoms with Crippen LogP contribution in [-0.2, 0) is 11.2 Å². The minimum atomic E-state index is -0.106. The van der Waals surface area contributed by atoms with E-state index in [1.165, 1.54) is 10.5 Å². The molecule has 0 aliphatic carbocycles. The lowest BCUT2D eigenvalue weighted by molar-refractivity contribution is -0.127. The Morgan fingerprint density at radius 3 is 2.71 bits per heavy atom. The van der Waals surface area contributed by atoms with Crippen molar-refractivity contribution in [3.8, 4) is 0 Å². The van der Waals surface area contributed by atoms with Gasteiger partial charge in [-0.15, -0.1) is 0 Å². The monoisotopic (exact) mass is 289 g/mol. The standard InChI is InChI=1S/C16H23N3O2/c1-18(2)16(21)17-11-14-10-15(20)19(12-14)9-8-13-6-4-3-5-7-13/h3-7,14H,8-12H2,1-2H3,(H,17,21). The molecule has 1 aromatic rings. The maximum absolute atomic E-state index is 12.0. The van der Waals surface area contributed by atoms with Gasteiger partial charge < -0.3 is 15.1 Å². The summed E-state index contributed by atoms with van der Waals surface area (Å²) in [5, 5.41) is 2.85. The van der Waals surface area contributed by atoms with Crippen LogP contribution < -0.4 is 5.32 Å². The third-order valence-electron chi connectivity index (χ3n) is 3.76. The van der Waals surface area contributed by atoms with Gasteiger partial charge in [-0.1, -0.05) is 30.3 Å². The van der Waals surface area contributed by atoms with E-state index in [1.807, 2.05) is 23.1 Å². The van der Waals surface area contributed by atoms with E-state index in [2.05, 4.69) is 17.4 Å². The fraction of sp³-hybridized carbons (Fsp3) is 0.500. The summed E-state index contributed by atoms with van der Waals surface area (Å²) in [5.41, 5.74) is 1.25. The molecule has 1 aromatic carbocycles. The van der Waals surface area contributed by atoms with Gasteiger partial charge in [0.2, 0.25) is 5.91 Å². The van der Waals surface area contributed by atoms with Crippen molar-refractivity contribution in [1.29, 1.82) is 0 Å². The number of nitrogens with one attached hydrogen (secondary N) is 1. The van der Waals surface area contributed by atoms with E-state index in [1.54, 1.807) is 14.1 Å². The maximum Gasteiger partial charge on any atom is 0.316 e. The number of likely N-dealkylation sites (tertiary alicyclic amines) is 1. The molecule has 0 radical (unpaired) electrons. The number of hydrogen-bond donors (Lipinski definition) is 1. The van der Waals surface area contributed by atoms with Crippen molar-refractivity contribution in [2.75, 3.05) is 33.7 Å². The molecule has 0 aromatic heterocycles. The predicted octanol–water partition coefficient (Wildman–Crippen LogP) is 1.35. The van der Waals surface area contributed by atoms with Gasteiger partial charge in [-0.05, 0) is 12.0 Å². The second kappa shape index (κ2) is 7.11. The Labute approximate surface area is 125 Å². The fourth-order valence-corrected chi connectivity index (χ4v) is 2.51. The summed E-state index contributed by atoms with van der Waals surface area (Å²) >= 11 is 0. The van der Waals surface area contributed by atoms with Gasteiger partial charge in [0.1, 0.15) is 0 Å². The molecule has 1 unspecified atom stereocenters. The zero-order valence-corrected chi connectivity index (χ0v) is 12.7. The molecule has 5 nitrogen and oxygen atoms in total. The highest BCUT2D eigenvalue weighted by Gasteiger charge is 2.29. The normalized spacial score (nSPS) is 17.9. The summed E-state index contributed by atoms with van der Waals surface area (Å²) in [6.07, 6.45) is 1.41. The third-order valence-corrected chi connectivity index (χ3v) is 3.76. The Balaban J connectivity index is 1.76. The van der Waals surface area contributed by atoms with Crippen LogP contribution in [0, 0.1) is 5.92 Å². The summed E-state index contributed by atoms with van der Waals surface area (Å²) in [6, 6.07) is 10.1. The third kappa shape index (κ3) is 4.48. The number of carbonyl (C=O) groups excluding carboxylic acids is 2. The molecule has 3 amide bonds. The minimum Gasteiger partial charge on any atom is -0.342 e. The van der Waals surface area contributed by atoms with E-state index in [-0.39, 0.29) is 17.9 Å². The Bertz CT molecular complexity index is 488. The van der Waals surface area contributed by atoms with Gasteiger partial charge in [-0.25, -0.2) is 4.79 Å². The lowest BCUT2D eigenvalue weighted by Crippen LogP contribution is -2.38. The number of rotatable bonds is 5. The smallest absolute Gasteiger partial charge is 0.316 e. The Hall–Kier alpha value is -2.04. The van der Waals surface area contributed by atoms with Gasteiger partial charge in [0.25, 0.3) is 0 Å². The van der Waals surface area contributed by atoms with Gasteiger partial charge in [-0.2, -0.15) is 0 Å². The molecular weight excluding hydrogens is 266 g/mol. The quantitative estimate of drug-likeness (QED) is 0.889. The summed E-state index contributed by atoms with van der Waals surface area (Å²) in [5.74, 6) is 0.409. The molecule has 2 rings (SSSR count). The molecule has 1 saturated heterocycles. The zero-order valence-electron chi connectivity index (χ0n) is 12.7. The molecule has 1 aliphatic heterocycles. The second-order valence-electron chi connectivity index (χ2n) is 5.73. The van der Waals surface area contributed by atoms with E-state index >= 15 is 0 Å². The van der Waals surface area contributed by atoms with Gasteiger partial charge >= 0.3 is 6.03 Å². The summed E-state index contributed by atoms with van der Waals surface area (Å²) < 4.78 is 0. The number of carbonyl (C=O) groups is 2. The van der Waals surface area contributed by atoms with Crippen LogP contribution in [0.15, 0.2) is 30.3 Å². The molecule has 1 N–H and O–H groups in total. The number of amides is 3. The second-order valence-corrected chi connectivity index (χ2v) is 5.73. The molecule has 1 aliphatic rings. The summed E-state index contributed by atoms with van der Waals surface area (Å²) in [6.45, 7) is 2.05. The van der Waals surface area contributed by atoms with Crippen LogP contribution in [0.1, 0.15) is 12.0 Å². The molecule has 1 fully saturated rings. The number of urea groups is 1. The molecule has 1 heterocycles. The van der Waals surface area contributed by atoms with Gasteiger partial charge in [0.15, 0.2) is 0 Å². The molecule has 0 spiro atoms. The van der Waals surface area contributed by atoms with Crippen molar-refractivity contribution >= 4 is 11.9 Å². The van der Waals surface area contributed by atoms with Crippen molar-refractivity contribution in [2.24, 2.45) is 5.92 Å². The maximum atomic E-state index is 12.0. The summed E-state index contributed by atoms with van der Waals surface area (Å²) in [4.78, 5) is 26.9.